The highest BCUT2D eigenvalue weighted by Crippen LogP contribution is 2.12. The number of hydrogen-bond donors (Lipinski definition) is 0. The smallest absolute Gasteiger partial charge is 0.275 e. The van der Waals surface area contributed by atoms with Crippen LogP contribution in [0.25, 0.3) is 0 Å². The predicted octanol–water partition coefficient (Wildman–Crippen LogP) is 1.79. The number of ether oxygens (including phenoxy) is 2. The molecule has 0 aliphatic carbocycles. The van der Waals surface area contributed by atoms with E-state index < -0.39 is 0 Å². The first-order valence-electron chi connectivity index (χ1n) is 8.74. The van der Waals surface area contributed by atoms with Crippen molar-refractivity contribution in [3.63, 3.8) is 0 Å². The molecule has 0 saturated carbocycles. The molecular weight excluding hydrogens is 334 g/mol. The van der Waals surface area contributed by atoms with Gasteiger partial charge in [0.25, 0.3) is 5.91 Å². The van der Waals surface area contributed by atoms with Crippen molar-refractivity contribution in [2.45, 2.75) is 19.2 Å². The van der Waals surface area contributed by atoms with Crippen molar-refractivity contribution in [2.75, 3.05) is 40.5 Å². The number of aromatic nitrogens is 1. The lowest BCUT2D eigenvalue weighted by molar-refractivity contribution is -0.0934. The van der Waals surface area contributed by atoms with Crippen molar-refractivity contribution in [3.8, 4) is 0 Å². The first-order valence-corrected chi connectivity index (χ1v) is 8.74. The van der Waals surface area contributed by atoms with Crippen LogP contribution >= 0.6 is 0 Å². The molecule has 1 aromatic carbocycles. The third-order valence-electron chi connectivity index (χ3n) is 4.21. The van der Waals surface area contributed by atoms with Crippen LogP contribution in [0.4, 0.5) is 0 Å². The summed E-state index contributed by atoms with van der Waals surface area (Å²) in [5.74, 6) is 0.484. The van der Waals surface area contributed by atoms with E-state index in [4.69, 9.17) is 14.0 Å². The van der Waals surface area contributed by atoms with Gasteiger partial charge in [-0.2, -0.15) is 0 Å². The van der Waals surface area contributed by atoms with E-state index in [1.807, 2.05) is 25.2 Å². The van der Waals surface area contributed by atoms with E-state index in [1.165, 1.54) is 5.56 Å². The van der Waals surface area contributed by atoms with Gasteiger partial charge in [-0.25, -0.2) is 0 Å². The van der Waals surface area contributed by atoms with Gasteiger partial charge in [0, 0.05) is 26.2 Å². The Morgan fingerprint density at radius 1 is 1.19 bits per heavy atom. The molecular formula is C19H25N3O4. The maximum Gasteiger partial charge on any atom is 0.275 e. The molecule has 1 amide bonds. The molecule has 0 radical (unpaired) electrons. The molecule has 26 heavy (non-hydrogen) atoms. The van der Waals surface area contributed by atoms with Gasteiger partial charge in [0.1, 0.15) is 0 Å². The summed E-state index contributed by atoms with van der Waals surface area (Å²) >= 11 is 0. The summed E-state index contributed by atoms with van der Waals surface area (Å²) in [5.41, 5.74) is 1.53. The van der Waals surface area contributed by atoms with E-state index in [0.717, 1.165) is 6.54 Å². The molecule has 1 aromatic heterocycles. The van der Waals surface area contributed by atoms with E-state index in [9.17, 15) is 4.79 Å². The van der Waals surface area contributed by atoms with Gasteiger partial charge in [0.2, 0.25) is 0 Å². The fraction of sp³-hybridized carbons (Fsp3) is 0.474. The Morgan fingerprint density at radius 3 is 2.73 bits per heavy atom. The quantitative estimate of drug-likeness (QED) is 0.751. The van der Waals surface area contributed by atoms with Gasteiger partial charge in [-0.15, -0.1) is 0 Å². The third-order valence-corrected chi connectivity index (χ3v) is 4.21. The van der Waals surface area contributed by atoms with E-state index in [-0.39, 0.29) is 12.0 Å². The Labute approximate surface area is 153 Å². The van der Waals surface area contributed by atoms with Crippen LogP contribution in [0.3, 0.4) is 0 Å². The molecule has 0 spiro atoms. The molecule has 0 N–H and O–H groups in total. The summed E-state index contributed by atoms with van der Waals surface area (Å²) in [6, 6.07) is 11.9. The fourth-order valence-corrected chi connectivity index (χ4v) is 2.93. The highest BCUT2D eigenvalue weighted by atomic mass is 16.6. The van der Waals surface area contributed by atoms with Crippen LogP contribution in [0.15, 0.2) is 40.9 Å². The van der Waals surface area contributed by atoms with Gasteiger partial charge in [-0.3, -0.25) is 9.69 Å². The topological polar surface area (TPSA) is 68.0 Å². The zero-order valence-electron chi connectivity index (χ0n) is 15.3. The fourth-order valence-electron chi connectivity index (χ4n) is 2.93. The second kappa shape index (κ2) is 8.93. The monoisotopic (exact) mass is 359 g/mol. The number of amides is 1. The lowest BCUT2D eigenvalue weighted by atomic mass is 10.2. The maximum absolute atomic E-state index is 12.5. The van der Waals surface area contributed by atoms with E-state index in [2.05, 4.69) is 22.2 Å². The molecule has 2 aromatic rings. The van der Waals surface area contributed by atoms with E-state index >= 15 is 0 Å². The number of likely N-dealkylation sites (N-methyl/N-ethyl adjacent to an activating group) is 1. The van der Waals surface area contributed by atoms with Crippen molar-refractivity contribution in [1.82, 2.24) is 15.0 Å². The summed E-state index contributed by atoms with van der Waals surface area (Å²) < 4.78 is 16.3. The zero-order valence-corrected chi connectivity index (χ0v) is 15.3. The van der Waals surface area contributed by atoms with Crippen molar-refractivity contribution in [3.05, 3.63) is 53.4 Å². The SMILES string of the molecule is CN(Cc1ccccc1)Cc1cc(C(=O)N(C)CC2COCCO2)no1. The zero-order chi connectivity index (χ0) is 18.4. The minimum atomic E-state index is -0.181. The van der Waals surface area contributed by atoms with Gasteiger partial charge in [0.15, 0.2) is 11.5 Å². The minimum Gasteiger partial charge on any atom is -0.376 e. The molecule has 7 heteroatoms. The summed E-state index contributed by atoms with van der Waals surface area (Å²) in [7, 11) is 3.74. The lowest BCUT2D eigenvalue weighted by Gasteiger charge is -2.27. The summed E-state index contributed by atoms with van der Waals surface area (Å²) in [5, 5.41) is 3.93. The summed E-state index contributed by atoms with van der Waals surface area (Å²) in [6.45, 7) is 3.52. The number of carbonyl (C=O) groups is 1. The number of hydrogen-bond acceptors (Lipinski definition) is 6. The van der Waals surface area contributed by atoms with Crippen LogP contribution in [0.1, 0.15) is 21.8 Å². The molecule has 1 saturated heterocycles. The van der Waals surface area contributed by atoms with E-state index in [0.29, 0.717) is 44.4 Å². The number of rotatable bonds is 7. The standard InChI is InChI=1S/C19H25N3O4/c1-21(11-15-6-4-3-5-7-15)12-16-10-18(20-26-16)19(23)22(2)13-17-14-24-8-9-25-17/h3-7,10,17H,8-9,11-14H2,1-2H3. The molecule has 1 fully saturated rings. The molecule has 0 bridgehead atoms. The first kappa shape index (κ1) is 18.6. The molecule has 1 atom stereocenters. The van der Waals surface area contributed by atoms with Crippen LogP contribution in [0.5, 0.6) is 0 Å². The average Bonchev–Trinajstić information content (AvgIpc) is 3.11. The molecule has 1 aliphatic heterocycles. The number of nitrogens with zero attached hydrogens (tertiary/aromatic N) is 3. The first-order chi connectivity index (χ1) is 12.6. The molecule has 2 heterocycles. The van der Waals surface area contributed by atoms with Crippen LogP contribution in [-0.2, 0) is 22.6 Å². The van der Waals surface area contributed by atoms with Crippen LogP contribution in [0.2, 0.25) is 0 Å². The van der Waals surface area contributed by atoms with Crippen molar-refractivity contribution >= 4 is 5.91 Å². The molecule has 1 unspecified atom stereocenters. The molecule has 1 aliphatic rings. The van der Waals surface area contributed by atoms with Crippen molar-refractivity contribution < 1.29 is 18.8 Å². The second-order valence-electron chi connectivity index (χ2n) is 6.59. The molecule has 3 rings (SSSR count). The minimum absolute atomic E-state index is 0.0962. The lowest BCUT2D eigenvalue weighted by Crippen LogP contribution is -2.40. The Balaban J connectivity index is 1.52. The van der Waals surface area contributed by atoms with Gasteiger partial charge in [-0.1, -0.05) is 35.5 Å². The predicted molar refractivity (Wildman–Crippen MR) is 95.6 cm³/mol. The highest BCUT2D eigenvalue weighted by molar-refractivity contribution is 5.92. The Morgan fingerprint density at radius 2 is 2.00 bits per heavy atom. The normalized spacial score (nSPS) is 17.4. The van der Waals surface area contributed by atoms with Gasteiger partial charge < -0.3 is 18.9 Å². The maximum atomic E-state index is 12.5. The Bertz CT molecular complexity index is 698. The Kier molecular flexibility index (Phi) is 6.38. The summed E-state index contributed by atoms with van der Waals surface area (Å²) in [4.78, 5) is 16.2. The largest absolute Gasteiger partial charge is 0.376 e. The third kappa shape index (κ3) is 5.14. The number of benzene rings is 1. The van der Waals surface area contributed by atoms with Crippen LogP contribution in [-0.4, -0.2) is 67.4 Å². The molecule has 140 valence electrons. The van der Waals surface area contributed by atoms with Crippen molar-refractivity contribution in [1.29, 1.82) is 0 Å². The van der Waals surface area contributed by atoms with E-state index in [1.54, 1.807) is 18.0 Å². The number of carbonyl (C=O) groups excluding carboxylic acids is 1. The van der Waals surface area contributed by atoms with Crippen molar-refractivity contribution in [2.24, 2.45) is 0 Å². The molecule has 7 nitrogen and oxygen atoms in total. The van der Waals surface area contributed by atoms with Gasteiger partial charge >= 0.3 is 0 Å². The Hall–Kier alpha value is -2.22. The van der Waals surface area contributed by atoms with Gasteiger partial charge in [-0.05, 0) is 12.6 Å². The second-order valence-corrected chi connectivity index (χ2v) is 6.59. The average molecular weight is 359 g/mol. The van der Waals surface area contributed by atoms with Gasteiger partial charge in [0.05, 0.1) is 32.5 Å². The van der Waals surface area contributed by atoms with Crippen LogP contribution < -0.4 is 0 Å². The summed E-state index contributed by atoms with van der Waals surface area (Å²) in [6.07, 6.45) is -0.0962. The highest BCUT2D eigenvalue weighted by Gasteiger charge is 2.22. The van der Waals surface area contributed by atoms with Crippen LogP contribution in [0, 0.1) is 0 Å².